The van der Waals surface area contributed by atoms with Crippen LogP contribution < -0.4 is 11.3 Å². The van der Waals surface area contributed by atoms with Crippen LogP contribution >= 0.6 is 0 Å². The van der Waals surface area contributed by atoms with Crippen LogP contribution in [0.2, 0.25) is 0 Å². The lowest BCUT2D eigenvalue weighted by Gasteiger charge is -2.11. The van der Waals surface area contributed by atoms with E-state index >= 15 is 0 Å². The lowest BCUT2D eigenvalue weighted by atomic mass is 9.96. The van der Waals surface area contributed by atoms with Crippen molar-refractivity contribution in [3.8, 4) is 0 Å². The number of aryl methyl sites for hydroxylation is 2. The molecule has 0 saturated heterocycles. The molecule has 2 aromatic rings. The molecule has 0 fully saturated rings. The van der Waals surface area contributed by atoms with Gasteiger partial charge in [-0.15, -0.1) is 0 Å². The topological polar surface area (TPSA) is 55.1 Å². The largest absolute Gasteiger partial charge is 0.324 e. The van der Waals surface area contributed by atoms with Crippen LogP contribution in [0.3, 0.4) is 0 Å². The molecule has 92 valence electrons. The van der Waals surface area contributed by atoms with Gasteiger partial charge in [-0.1, -0.05) is 36.4 Å². The molecule has 2 aromatic carbocycles. The van der Waals surface area contributed by atoms with Crippen molar-refractivity contribution in [2.75, 3.05) is 5.43 Å². The Hall–Kier alpha value is -2.13. The molecule has 0 amide bonds. The third kappa shape index (κ3) is 2.26. The van der Waals surface area contributed by atoms with Crippen molar-refractivity contribution >= 4 is 11.5 Å². The van der Waals surface area contributed by atoms with Gasteiger partial charge in [0.25, 0.3) is 0 Å². The van der Waals surface area contributed by atoms with E-state index in [0.29, 0.717) is 11.1 Å². The van der Waals surface area contributed by atoms with Crippen molar-refractivity contribution < 1.29 is 4.79 Å². The average molecular weight is 240 g/mol. The number of ketones is 1. The van der Waals surface area contributed by atoms with Gasteiger partial charge in [-0.05, 0) is 31.0 Å². The fourth-order valence-electron chi connectivity index (χ4n) is 2.00. The maximum Gasteiger partial charge on any atom is 0.193 e. The lowest BCUT2D eigenvalue weighted by molar-refractivity contribution is 0.103. The third-order valence-electron chi connectivity index (χ3n) is 3.01. The fraction of sp³-hybridized carbons (Fsp3) is 0.133. The van der Waals surface area contributed by atoms with E-state index in [4.69, 9.17) is 5.84 Å². The summed E-state index contributed by atoms with van der Waals surface area (Å²) < 4.78 is 0. The van der Waals surface area contributed by atoms with E-state index in [1.807, 2.05) is 50.2 Å². The summed E-state index contributed by atoms with van der Waals surface area (Å²) in [7, 11) is 0. The van der Waals surface area contributed by atoms with Crippen molar-refractivity contribution in [1.29, 1.82) is 0 Å². The van der Waals surface area contributed by atoms with Gasteiger partial charge in [0.05, 0.1) is 5.69 Å². The van der Waals surface area contributed by atoms with E-state index in [-0.39, 0.29) is 5.78 Å². The minimum absolute atomic E-state index is 0.0181. The minimum Gasteiger partial charge on any atom is -0.324 e. The number of hydrogen-bond donors (Lipinski definition) is 2. The van der Waals surface area contributed by atoms with Gasteiger partial charge in [-0.2, -0.15) is 0 Å². The highest BCUT2D eigenvalue weighted by Gasteiger charge is 2.13. The van der Waals surface area contributed by atoms with Crippen LogP contribution in [0, 0.1) is 13.8 Å². The smallest absolute Gasteiger partial charge is 0.193 e. The summed E-state index contributed by atoms with van der Waals surface area (Å²) >= 11 is 0. The van der Waals surface area contributed by atoms with Crippen LogP contribution in [0.5, 0.6) is 0 Å². The number of hydrogen-bond acceptors (Lipinski definition) is 3. The SMILES string of the molecule is Cc1cc(C)c(C(=O)c2ccccc2)cc1NN. The van der Waals surface area contributed by atoms with E-state index in [0.717, 1.165) is 16.8 Å². The van der Waals surface area contributed by atoms with Crippen molar-refractivity contribution in [3.63, 3.8) is 0 Å². The second kappa shape index (κ2) is 5.02. The molecular formula is C15H16N2O. The van der Waals surface area contributed by atoms with Crippen molar-refractivity contribution in [2.24, 2.45) is 5.84 Å². The molecule has 0 radical (unpaired) electrons. The van der Waals surface area contributed by atoms with Crippen molar-refractivity contribution in [2.45, 2.75) is 13.8 Å². The first kappa shape index (κ1) is 12.3. The summed E-state index contributed by atoms with van der Waals surface area (Å²) in [6.07, 6.45) is 0. The van der Waals surface area contributed by atoms with Crippen LogP contribution in [-0.2, 0) is 0 Å². The molecule has 3 nitrogen and oxygen atoms in total. The van der Waals surface area contributed by atoms with Crippen LogP contribution in [-0.4, -0.2) is 5.78 Å². The summed E-state index contributed by atoms with van der Waals surface area (Å²) in [4.78, 5) is 12.4. The Kier molecular flexibility index (Phi) is 3.44. The minimum atomic E-state index is 0.0181. The Balaban J connectivity index is 2.48. The summed E-state index contributed by atoms with van der Waals surface area (Å²) in [5.41, 5.74) is 6.75. The second-order valence-electron chi connectivity index (χ2n) is 4.32. The lowest BCUT2D eigenvalue weighted by Crippen LogP contribution is -2.11. The van der Waals surface area contributed by atoms with Gasteiger partial charge in [-0.25, -0.2) is 0 Å². The number of nitrogens with two attached hydrogens (primary N) is 1. The number of carbonyl (C=O) groups is 1. The first-order valence-electron chi connectivity index (χ1n) is 5.81. The molecule has 0 bridgehead atoms. The average Bonchev–Trinajstić information content (AvgIpc) is 2.39. The third-order valence-corrected chi connectivity index (χ3v) is 3.01. The molecule has 3 heteroatoms. The van der Waals surface area contributed by atoms with E-state index in [2.05, 4.69) is 5.43 Å². The summed E-state index contributed by atoms with van der Waals surface area (Å²) in [5.74, 6) is 5.47. The van der Waals surface area contributed by atoms with Crippen LogP contribution in [0.25, 0.3) is 0 Å². The highest BCUT2D eigenvalue weighted by molar-refractivity contribution is 6.10. The number of nitrogens with one attached hydrogen (secondary N) is 1. The predicted molar refractivity (Wildman–Crippen MR) is 73.6 cm³/mol. The fourth-order valence-corrected chi connectivity index (χ4v) is 2.00. The molecule has 0 unspecified atom stereocenters. The Morgan fingerprint density at radius 1 is 1.06 bits per heavy atom. The number of carbonyl (C=O) groups excluding carboxylic acids is 1. The zero-order valence-corrected chi connectivity index (χ0v) is 10.5. The van der Waals surface area contributed by atoms with Gasteiger partial charge < -0.3 is 5.43 Å². The molecule has 0 saturated carbocycles. The molecular weight excluding hydrogens is 224 g/mol. The molecule has 0 aliphatic rings. The van der Waals surface area contributed by atoms with Gasteiger partial charge in [0.1, 0.15) is 0 Å². The van der Waals surface area contributed by atoms with E-state index in [9.17, 15) is 4.79 Å². The van der Waals surface area contributed by atoms with Gasteiger partial charge in [0.2, 0.25) is 0 Å². The summed E-state index contributed by atoms with van der Waals surface area (Å²) in [6, 6.07) is 13.0. The highest BCUT2D eigenvalue weighted by atomic mass is 16.1. The zero-order valence-electron chi connectivity index (χ0n) is 10.5. The van der Waals surface area contributed by atoms with Crippen LogP contribution in [0.15, 0.2) is 42.5 Å². The number of hydrazine groups is 1. The van der Waals surface area contributed by atoms with Gasteiger partial charge in [0, 0.05) is 11.1 Å². The molecule has 0 heterocycles. The van der Waals surface area contributed by atoms with Gasteiger partial charge in [-0.3, -0.25) is 10.6 Å². The molecule has 0 aromatic heterocycles. The van der Waals surface area contributed by atoms with E-state index in [1.165, 1.54) is 0 Å². The summed E-state index contributed by atoms with van der Waals surface area (Å²) in [6.45, 7) is 3.89. The quantitative estimate of drug-likeness (QED) is 0.493. The number of nitrogen functional groups attached to an aromatic ring is 1. The Morgan fingerprint density at radius 3 is 2.33 bits per heavy atom. The Bertz CT molecular complexity index is 577. The first-order chi connectivity index (χ1) is 8.63. The molecule has 0 atom stereocenters. The van der Waals surface area contributed by atoms with E-state index in [1.54, 1.807) is 6.07 Å². The monoisotopic (exact) mass is 240 g/mol. The predicted octanol–water partition coefficient (Wildman–Crippen LogP) is 2.82. The van der Waals surface area contributed by atoms with Crippen molar-refractivity contribution in [3.05, 3.63) is 64.7 Å². The van der Waals surface area contributed by atoms with E-state index < -0.39 is 0 Å². The van der Waals surface area contributed by atoms with Crippen LogP contribution in [0.1, 0.15) is 27.0 Å². The molecule has 0 spiro atoms. The Morgan fingerprint density at radius 2 is 1.72 bits per heavy atom. The summed E-state index contributed by atoms with van der Waals surface area (Å²) in [5, 5.41) is 0. The zero-order chi connectivity index (χ0) is 13.1. The maximum atomic E-state index is 12.4. The maximum absolute atomic E-state index is 12.4. The van der Waals surface area contributed by atoms with Gasteiger partial charge >= 0.3 is 0 Å². The van der Waals surface area contributed by atoms with Gasteiger partial charge in [0.15, 0.2) is 5.78 Å². The van der Waals surface area contributed by atoms with Crippen molar-refractivity contribution in [1.82, 2.24) is 0 Å². The number of rotatable bonds is 3. The number of anilines is 1. The molecule has 18 heavy (non-hydrogen) atoms. The molecule has 0 aliphatic heterocycles. The normalized spacial score (nSPS) is 10.2. The van der Waals surface area contributed by atoms with Crippen LogP contribution in [0.4, 0.5) is 5.69 Å². The standard InChI is InChI=1S/C15H16N2O/c1-10-8-11(2)14(17-16)9-13(10)15(18)12-6-4-3-5-7-12/h3-9,17H,16H2,1-2H3. The molecule has 2 rings (SSSR count). The second-order valence-corrected chi connectivity index (χ2v) is 4.32. The molecule has 3 N–H and O–H groups in total. The number of benzene rings is 2. The Labute approximate surface area is 107 Å². The highest BCUT2D eigenvalue weighted by Crippen LogP contribution is 2.22. The molecule has 0 aliphatic carbocycles. The first-order valence-corrected chi connectivity index (χ1v) is 5.81.